The highest BCUT2D eigenvalue weighted by atomic mass is 19.1. The summed E-state index contributed by atoms with van der Waals surface area (Å²) in [6, 6.07) is 8.86. The van der Waals surface area contributed by atoms with Crippen LogP contribution in [0.4, 0.5) is 26.2 Å². The fourth-order valence-electron chi connectivity index (χ4n) is 2.12. The summed E-state index contributed by atoms with van der Waals surface area (Å²) in [7, 11) is 0. The Morgan fingerprint density at radius 3 is 2.71 bits per heavy atom. The molecule has 0 aliphatic rings. The maximum absolute atomic E-state index is 13.7. The minimum absolute atomic E-state index is 0.111. The molecule has 0 aliphatic carbocycles. The van der Waals surface area contributed by atoms with Crippen molar-refractivity contribution >= 4 is 17.5 Å². The Labute approximate surface area is 137 Å². The maximum Gasteiger partial charge on any atom is 0.229 e. The van der Waals surface area contributed by atoms with Crippen LogP contribution in [0.2, 0.25) is 0 Å². The van der Waals surface area contributed by atoms with E-state index in [1.54, 1.807) is 18.5 Å². The van der Waals surface area contributed by atoms with E-state index in [4.69, 9.17) is 0 Å². The molecule has 5 nitrogen and oxygen atoms in total. The molecule has 7 heteroatoms. The van der Waals surface area contributed by atoms with Crippen LogP contribution < -0.4 is 10.6 Å². The van der Waals surface area contributed by atoms with Crippen molar-refractivity contribution in [2.24, 2.45) is 0 Å². The van der Waals surface area contributed by atoms with Gasteiger partial charge in [-0.15, -0.1) is 0 Å². The first-order valence-electron chi connectivity index (χ1n) is 7.31. The quantitative estimate of drug-likeness (QED) is 0.746. The van der Waals surface area contributed by atoms with Gasteiger partial charge in [-0.25, -0.2) is 13.8 Å². The summed E-state index contributed by atoms with van der Waals surface area (Å²) < 4.78 is 26.7. The van der Waals surface area contributed by atoms with Gasteiger partial charge in [-0.1, -0.05) is 6.07 Å². The van der Waals surface area contributed by atoms with Crippen LogP contribution in [0, 0.1) is 18.6 Å². The van der Waals surface area contributed by atoms with Gasteiger partial charge >= 0.3 is 0 Å². The van der Waals surface area contributed by atoms with Gasteiger partial charge < -0.3 is 10.6 Å². The third-order valence-electron chi connectivity index (χ3n) is 3.23. The van der Waals surface area contributed by atoms with E-state index in [0.717, 1.165) is 11.6 Å². The second-order valence-electron chi connectivity index (χ2n) is 5.18. The molecule has 0 unspecified atom stereocenters. The number of nitrogens with one attached hydrogen (secondary N) is 2. The largest absolute Gasteiger partial charge is 0.366 e. The molecule has 3 rings (SSSR count). The van der Waals surface area contributed by atoms with Crippen LogP contribution in [0.3, 0.4) is 0 Å². The molecule has 0 fully saturated rings. The van der Waals surface area contributed by atoms with Crippen LogP contribution in [0.5, 0.6) is 0 Å². The number of pyridine rings is 1. The van der Waals surface area contributed by atoms with E-state index >= 15 is 0 Å². The Morgan fingerprint density at radius 2 is 1.96 bits per heavy atom. The van der Waals surface area contributed by atoms with Gasteiger partial charge in [0.25, 0.3) is 0 Å². The lowest BCUT2D eigenvalue weighted by atomic mass is 10.3. The molecule has 0 saturated carbocycles. The maximum atomic E-state index is 13.7. The number of aryl methyl sites for hydroxylation is 1. The van der Waals surface area contributed by atoms with Crippen molar-refractivity contribution in [2.45, 2.75) is 13.5 Å². The topological polar surface area (TPSA) is 62.7 Å². The molecule has 1 aromatic carbocycles. The number of benzene rings is 1. The lowest BCUT2D eigenvalue weighted by molar-refractivity contribution is 0.586. The van der Waals surface area contributed by atoms with E-state index in [1.165, 1.54) is 12.1 Å². The van der Waals surface area contributed by atoms with Gasteiger partial charge in [0.2, 0.25) is 5.95 Å². The number of hydrogen-bond acceptors (Lipinski definition) is 5. The Hall–Kier alpha value is -3.09. The third-order valence-corrected chi connectivity index (χ3v) is 3.23. The first-order valence-corrected chi connectivity index (χ1v) is 7.31. The second-order valence-corrected chi connectivity index (χ2v) is 5.18. The fraction of sp³-hybridized carbons (Fsp3) is 0.118. The number of nitrogens with zero attached hydrogens (tertiary/aromatic N) is 3. The summed E-state index contributed by atoms with van der Waals surface area (Å²) in [4.78, 5) is 12.6. The zero-order valence-corrected chi connectivity index (χ0v) is 12.9. The molecule has 0 radical (unpaired) electrons. The molecule has 0 aliphatic heterocycles. The average Bonchev–Trinajstić information content (AvgIpc) is 2.56. The SMILES string of the molecule is Cc1cc(NCc2cccnc2)nc(Nc2ccc(F)cc2F)n1. The summed E-state index contributed by atoms with van der Waals surface area (Å²) in [5.74, 6) is -0.516. The first-order chi connectivity index (χ1) is 11.6. The number of halogens is 2. The van der Waals surface area contributed by atoms with E-state index in [2.05, 4.69) is 25.6 Å². The molecule has 0 saturated heterocycles. The van der Waals surface area contributed by atoms with E-state index < -0.39 is 11.6 Å². The van der Waals surface area contributed by atoms with Crippen molar-refractivity contribution in [1.29, 1.82) is 0 Å². The van der Waals surface area contributed by atoms with Crippen LogP contribution in [-0.2, 0) is 6.54 Å². The lowest BCUT2D eigenvalue weighted by Crippen LogP contribution is -2.06. The highest BCUT2D eigenvalue weighted by Gasteiger charge is 2.07. The van der Waals surface area contributed by atoms with Crippen molar-refractivity contribution < 1.29 is 8.78 Å². The highest BCUT2D eigenvalue weighted by Crippen LogP contribution is 2.20. The molecule has 0 spiro atoms. The van der Waals surface area contributed by atoms with Crippen LogP contribution >= 0.6 is 0 Å². The van der Waals surface area contributed by atoms with Gasteiger partial charge in [0.15, 0.2) is 0 Å². The number of aromatic nitrogens is 3. The Morgan fingerprint density at radius 1 is 1.08 bits per heavy atom. The summed E-state index contributed by atoms with van der Waals surface area (Å²) in [5, 5.41) is 5.93. The lowest BCUT2D eigenvalue weighted by Gasteiger charge is -2.10. The molecule has 24 heavy (non-hydrogen) atoms. The van der Waals surface area contributed by atoms with Gasteiger partial charge in [-0.3, -0.25) is 4.98 Å². The summed E-state index contributed by atoms with van der Waals surface area (Å²) in [5.41, 5.74) is 1.83. The van der Waals surface area contributed by atoms with Crippen molar-refractivity contribution in [3.63, 3.8) is 0 Å². The number of hydrogen-bond donors (Lipinski definition) is 2. The fourth-order valence-corrected chi connectivity index (χ4v) is 2.12. The monoisotopic (exact) mass is 327 g/mol. The average molecular weight is 327 g/mol. The molecule has 2 N–H and O–H groups in total. The molecule has 122 valence electrons. The standard InChI is InChI=1S/C17H15F2N5/c1-11-7-16(21-10-12-3-2-6-20-9-12)24-17(22-11)23-15-5-4-13(18)8-14(15)19/h2-9H,10H2,1H3,(H2,21,22,23,24). The van der Waals surface area contributed by atoms with Crippen molar-refractivity contribution in [3.05, 3.63) is 71.7 Å². The van der Waals surface area contributed by atoms with Gasteiger partial charge in [0, 0.05) is 36.8 Å². The molecule has 2 heterocycles. The number of anilines is 3. The summed E-state index contributed by atoms with van der Waals surface area (Å²) in [6.07, 6.45) is 3.46. The molecule has 3 aromatic rings. The van der Waals surface area contributed by atoms with Crippen LogP contribution in [-0.4, -0.2) is 15.0 Å². The summed E-state index contributed by atoms with van der Waals surface area (Å²) in [6.45, 7) is 2.36. The molecule has 0 amide bonds. The van der Waals surface area contributed by atoms with E-state index in [1.807, 2.05) is 19.1 Å². The summed E-state index contributed by atoms with van der Waals surface area (Å²) >= 11 is 0. The van der Waals surface area contributed by atoms with Gasteiger partial charge in [0.1, 0.15) is 17.5 Å². The highest BCUT2D eigenvalue weighted by molar-refractivity contribution is 5.56. The van der Waals surface area contributed by atoms with E-state index in [9.17, 15) is 8.78 Å². The number of rotatable bonds is 5. The predicted octanol–water partition coefficient (Wildman–Crippen LogP) is 3.81. The normalized spacial score (nSPS) is 10.5. The second kappa shape index (κ2) is 6.99. The zero-order valence-electron chi connectivity index (χ0n) is 12.9. The predicted molar refractivity (Wildman–Crippen MR) is 88.0 cm³/mol. The Balaban J connectivity index is 1.76. The van der Waals surface area contributed by atoms with E-state index in [-0.39, 0.29) is 11.6 Å². The van der Waals surface area contributed by atoms with Gasteiger partial charge in [-0.05, 0) is 30.7 Å². The smallest absolute Gasteiger partial charge is 0.229 e. The minimum atomic E-state index is -0.704. The molecule has 0 atom stereocenters. The Kier molecular flexibility index (Phi) is 4.60. The van der Waals surface area contributed by atoms with Gasteiger partial charge in [-0.2, -0.15) is 4.98 Å². The molecule has 2 aromatic heterocycles. The molecular formula is C17H15F2N5. The van der Waals surface area contributed by atoms with Crippen molar-refractivity contribution in [3.8, 4) is 0 Å². The Bertz CT molecular complexity index is 840. The third kappa shape index (κ3) is 4.01. The first kappa shape index (κ1) is 15.8. The van der Waals surface area contributed by atoms with Crippen molar-refractivity contribution in [2.75, 3.05) is 10.6 Å². The van der Waals surface area contributed by atoms with Crippen LogP contribution in [0.15, 0.2) is 48.8 Å². The zero-order chi connectivity index (χ0) is 16.9. The van der Waals surface area contributed by atoms with Crippen LogP contribution in [0.1, 0.15) is 11.3 Å². The van der Waals surface area contributed by atoms with Gasteiger partial charge in [0.05, 0.1) is 5.69 Å². The van der Waals surface area contributed by atoms with E-state index in [0.29, 0.717) is 18.1 Å². The molecular weight excluding hydrogens is 312 g/mol. The molecule has 0 bridgehead atoms. The minimum Gasteiger partial charge on any atom is -0.366 e. The van der Waals surface area contributed by atoms with Crippen LogP contribution in [0.25, 0.3) is 0 Å². The van der Waals surface area contributed by atoms with Crippen molar-refractivity contribution in [1.82, 2.24) is 15.0 Å².